The minimum absolute atomic E-state index is 0.0394. The van der Waals surface area contributed by atoms with Gasteiger partial charge in [0.25, 0.3) is 5.91 Å². The lowest BCUT2D eigenvalue weighted by Gasteiger charge is -2.28. The molecule has 156 valence electrons. The highest BCUT2D eigenvalue weighted by molar-refractivity contribution is 6.04. The molecular weight excluding hydrogens is 372 g/mol. The molecule has 8 heteroatoms. The summed E-state index contributed by atoms with van der Waals surface area (Å²) < 4.78 is 5.31. The highest BCUT2D eigenvalue weighted by Crippen LogP contribution is 2.30. The van der Waals surface area contributed by atoms with Crippen LogP contribution in [0.4, 0.5) is 4.79 Å². The molecule has 1 N–H and O–H groups in total. The first-order valence-electron chi connectivity index (χ1n) is 10.4. The third kappa shape index (κ3) is 4.43. The summed E-state index contributed by atoms with van der Waals surface area (Å²) in [6.07, 6.45) is 1.36. The van der Waals surface area contributed by atoms with Crippen molar-refractivity contribution in [2.45, 2.75) is 31.8 Å². The van der Waals surface area contributed by atoms with Crippen molar-refractivity contribution < 1.29 is 19.1 Å². The standard InChI is InChI=1S/C21H28N4O4/c26-19(22-7-9-23-10-12-29-13-11-23)6-3-8-24-20(27)18-14-16-4-1-2-5-17(16)15-25(18)21(24)28/h1-2,4-5,18H,3,6-15H2,(H,22,26). The third-order valence-electron chi connectivity index (χ3n) is 5.92. The van der Waals surface area contributed by atoms with Gasteiger partial charge >= 0.3 is 6.03 Å². The molecular formula is C21H28N4O4. The average Bonchev–Trinajstić information content (AvgIpc) is 2.97. The smallest absolute Gasteiger partial charge is 0.327 e. The Bertz CT molecular complexity index is 735. The van der Waals surface area contributed by atoms with Gasteiger partial charge in [-0.3, -0.25) is 19.4 Å². The predicted molar refractivity (Wildman–Crippen MR) is 106 cm³/mol. The number of amides is 4. The maximum atomic E-state index is 12.7. The molecule has 3 heterocycles. The van der Waals surface area contributed by atoms with E-state index in [1.165, 1.54) is 4.90 Å². The number of nitrogens with one attached hydrogen (secondary N) is 1. The van der Waals surface area contributed by atoms with Crippen molar-refractivity contribution in [3.8, 4) is 0 Å². The summed E-state index contributed by atoms with van der Waals surface area (Å²) in [5, 5.41) is 2.92. The van der Waals surface area contributed by atoms with Gasteiger partial charge in [-0.05, 0) is 17.5 Å². The zero-order valence-electron chi connectivity index (χ0n) is 16.6. The summed E-state index contributed by atoms with van der Waals surface area (Å²) in [5.41, 5.74) is 2.24. The van der Waals surface area contributed by atoms with Gasteiger partial charge in [-0.25, -0.2) is 4.79 Å². The van der Waals surface area contributed by atoms with Gasteiger partial charge in [0.2, 0.25) is 5.91 Å². The second kappa shape index (κ2) is 8.92. The molecule has 0 saturated carbocycles. The normalized spacial score (nSPS) is 21.9. The molecule has 3 aliphatic rings. The molecule has 0 bridgehead atoms. The zero-order chi connectivity index (χ0) is 20.2. The molecule has 1 aromatic carbocycles. The molecule has 29 heavy (non-hydrogen) atoms. The van der Waals surface area contributed by atoms with Crippen molar-refractivity contribution >= 4 is 17.8 Å². The van der Waals surface area contributed by atoms with Crippen molar-refractivity contribution in [3.05, 3.63) is 35.4 Å². The van der Waals surface area contributed by atoms with E-state index in [-0.39, 0.29) is 24.4 Å². The fourth-order valence-electron chi connectivity index (χ4n) is 4.24. The Morgan fingerprint density at radius 2 is 1.86 bits per heavy atom. The molecule has 1 atom stereocenters. The van der Waals surface area contributed by atoms with Gasteiger partial charge in [0, 0.05) is 52.1 Å². The van der Waals surface area contributed by atoms with E-state index < -0.39 is 6.04 Å². The van der Waals surface area contributed by atoms with Crippen LogP contribution in [0.5, 0.6) is 0 Å². The number of hydrogen-bond acceptors (Lipinski definition) is 5. The van der Waals surface area contributed by atoms with Crippen LogP contribution in [-0.4, -0.2) is 84.5 Å². The first-order valence-corrected chi connectivity index (χ1v) is 10.4. The lowest BCUT2D eigenvalue weighted by molar-refractivity contribution is -0.129. The minimum Gasteiger partial charge on any atom is -0.379 e. The van der Waals surface area contributed by atoms with E-state index in [0.717, 1.165) is 44.0 Å². The van der Waals surface area contributed by atoms with Gasteiger partial charge in [-0.1, -0.05) is 24.3 Å². The largest absolute Gasteiger partial charge is 0.379 e. The topological polar surface area (TPSA) is 82.2 Å². The monoisotopic (exact) mass is 400 g/mol. The van der Waals surface area contributed by atoms with E-state index >= 15 is 0 Å². The SMILES string of the molecule is O=C(CCCN1C(=O)C2Cc3ccccc3CN2C1=O)NCCN1CCOCC1. The summed E-state index contributed by atoms with van der Waals surface area (Å²) in [7, 11) is 0. The van der Waals surface area contributed by atoms with E-state index in [1.54, 1.807) is 4.90 Å². The first-order chi connectivity index (χ1) is 14.1. The summed E-state index contributed by atoms with van der Waals surface area (Å²) in [4.78, 5) is 42.7. The summed E-state index contributed by atoms with van der Waals surface area (Å²) in [5.74, 6) is -0.181. The molecule has 3 aliphatic heterocycles. The number of fused-ring (bicyclic) bond motifs is 2. The molecule has 1 aromatic rings. The van der Waals surface area contributed by atoms with E-state index in [1.807, 2.05) is 24.3 Å². The van der Waals surface area contributed by atoms with Crippen molar-refractivity contribution in [3.63, 3.8) is 0 Å². The molecule has 0 spiro atoms. The van der Waals surface area contributed by atoms with Crippen LogP contribution < -0.4 is 5.32 Å². The third-order valence-corrected chi connectivity index (χ3v) is 5.92. The molecule has 2 saturated heterocycles. The molecule has 0 aromatic heterocycles. The number of carbonyl (C=O) groups is 3. The molecule has 4 rings (SSSR count). The van der Waals surface area contributed by atoms with Crippen LogP contribution in [0.1, 0.15) is 24.0 Å². The van der Waals surface area contributed by atoms with Crippen LogP contribution >= 0.6 is 0 Å². The second-order valence-electron chi connectivity index (χ2n) is 7.80. The molecule has 0 aliphatic carbocycles. The highest BCUT2D eigenvalue weighted by Gasteiger charge is 2.46. The van der Waals surface area contributed by atoms with Gasteiger partial charge in [0.05, 0.1) is 13.2 Å². The molecule has 8 nitrogen and oxygen atoms in total. The first kappa shape index (κ1) is 19.8. The number of imide groups is 1. The maximum absolute atomic E-state index is 12.7. The molecule has 1 unspecified atom stereocenters. The maximum Gasteiger partial charge on any atom is 0.327 e. The molecule has 2 fully saturated rings. The Labute approximate surface area is 170 Å². The van der Waals surface area contributed by atoms with Crippen LogP contribution in [0.25, 0.3) is 0 Å². The van der Waals surface area contributed by atoms with Gasteiger partial charge in [0.15, 0.2) is 0 Å². The van der Waals surface area contributed by atoms with Gasteiger partial charge in [-0.2, -0.15) is 0 Å². The Balaban J connectivity index is 1.21. The minimum atomic E-state index is -0.403. The summed E-state index contributed by atoms with van der Waals surface area (Å²) in [6, 6.07) is 7.31. The lowest BCUT2D eigenvalue weighted by Crippen LogP contribution is -2.41. The van der Waals surface area contributed by atoms with E-state index in [2.05, 4.69) is 10.2 Å². The Morgan fingerprint density at radius 3 is 2.66 bits per heavy atom. The highest BCUT2D eigenvalue weighted by atomic mass is 16.5. The van der Waals surface area contributed by atoms with E-state index in [9.17, 15) is 14.4 Å². The number of rotatable bonds is 7. The average molecular weight is 400 g/mol. The molecule has 4 amide bonds. The Hall–Kier alpha value is -2.45. The number of urea groups is 1. The van der Waals surface area contributed by atoms with E-state index in [0.29, 0.717) is 32.4 Å². The van der Waals surface area contributed by atoms with Crippen LogP contribution in [-0.2, 0) is 27.3 Å². The Morgan fingerprint density at radius 1 is 1.10 bits per heavy atom. The second-order valence-corrected chi connectivity index (χ2v) is 7.80. The number of carbonyl (C=O) groups excluding carboxylic acids is 3. The van der Waals surface area contributed by atoms with Crippen molar-refractivity contribution in [1.29, 1.82) is 0 Å². The summed E-state index contributed by atoms with van der Waals surface area (Å²) >= 11 is 0. The molecule has 0 radical (unpaired) electrons. The fourth-order valence-corrected chi connectivity index (χ4v) is 4.24. The number of morpholine rings is 1. The van der Waals surface area contributed by atoms with Crippen LogP contribution in [0.3, 0.4) is 0 Å². The van der Waals surface area contributed by atoms with Gasteiger partial charge in [-0.15, -0.1) is 0 Å². The van der Waals surface area contributed by atoms with Gasteiger partial charge in [0.1, 0.15) is 6.04 Å². The van der Waals surface area contributed by atoms with Gasteiger partial charge < -0.3 is 15.0 Å². The van der Waals surface area contributed by atoms with Crippen molar-refractivity contribution in [1.82, 2.24) is 20.0 Å². The van der Waals surface area contributed by atoms with Crippen LogP contribution in [0, 0.1) is 0 Å². The quantitative estimate of drug-likeness (QED) is 0.678. The van der Waals surface area contributed by atoms with Crippen LogP contribution in [0.2, 0.25) is 0 Å². The summed E-state index contributed by atoms with van der Waals surface area (Å²) in [6.45, 7) is 5.47. The number of ether oxygens (including phenoxy) is 1. The van der Waals surface area contributed by atoms with Crippen molar-refractivity contribution in [2.24, 2.45) is 0 Å². The van der Waals surface area contributed by atoms with Crippen molar-refractivity contribution in [2.75, 3.05) is 45.9 Å². The van der Waals surface area contributed by atoms with E-state index in [4.69, 9.17) is 4.74 Å². The number of benzene rings is 1. The fraction of sp³-hybridized carbons (Fsp3) is 0.571. The zero-order valence-corrected chi connectivity index (χ0v) is 16.6. The predicted octanol–water partition coefficient (Wildman–Crippen LogP) is 0.604. The Kier molecular flexibility index (Phi) is 6.10. The number of nitrogens with zero attached hydrogens (tertiary/aromatic N) is 3. The number of hydrogen-bond donors (Lipinski definition) is 1. The van der Waals surface area contributed by atoms with Crippen LogP contribution in [0.15, 0.2) is 24.3 Å². The lowest BCUT2D eigenvalue weighted by atomic mass is 9.95.